The summed E-state index contributed by atoms with van der Waals surface area (Å²) in [5.74, 6) is 0.0150. The van der Waals surface area contributed by atoms with Gasteiger partial charge in [0.15, 0.2) is 11.3 Å². The fourth-order valence-corrected chi connectivity index (χ4v) is 2.62. The van der Waals surface area contributed by atoms with Gasteiger partial charge in [-0.25, -0.2) is 0 Å². The van der Waals surface area contributed by atoms with Gasteiger partial charge in [-0.15, -0.1) is 0 Å². The highest BCUT2D eigenvalue weighted by molar-refractivity contribution is 6.07. The van der Waals surface area contributed by atoms with E-state index in [1.165, 1.54) is 4.90 Å². The zero-order chi connectivity index (χ0) is 16.0. The van der Waals surface area contributed by atoms with Gasteiger partial charge in [0.25, 0.3) is 5.91 Å². The molecule has 0 atom stereocenters. The van der Waals surface area contributed by atoms with Crippen LogP contribution in [-0.4, -0.2) is 17.9 Å². The van der Waals surface area contributed by atoms with Gasteiger partial charge < -0.3 is 8.83 Å². The average molecular weight is 306 g/mol. The van der Waals surface area contributed by atoms with Crippen molar-refractivity contribution >= 4 is 34.0 Å². The van der Waals surface area contributed by atoms with Crippen molar-refractivity contribution in [1.82, 2.24) is 4.98 Å². The van der Waals surface area contributed by atoms with Crippen LogP contribution in [-0.2, 0) is 0 Å². The Morgan fingerprint density at radius 1 is 1.00 bits per heavy atom. The maximum Gasteiger partial charge on any atom is 0.305 e. The molecule has 0 saturated carbocycles. The molecule has 1 amide bonds. The lowest BCUT2D eigenvalue weighted by Crippen LogP contribution is -2.26. The number of oxazole rings is 1. The lowest BCUT2D eigenvalue weighted by Gasteiger charge is -2.10. The van der Waals surface area contributed by atoms with Crippen molar-refractivity contribution in [3.05, 3.63) is 59.9 Å². The van der Waals surface area contributed by atoms with E-state index in [0.29, 0.717) is 22.4 Å². The van der Waals surface area contributed by atoms with Crippen LogP contribution in [0, 0.1) is 6.92 Å². The van der Waals surface area contributed by atoms with Crippen molar-refractivity contribution in [2.45, 2.75) is 6.92 Å². The Kier molecular flexibility index (Phi) is 2.94. The van der Waals surface area contributed by atoms with E-state index in [0.717, 1.165) is 10.9 Å². The molecule has 5 heteroatoms. The van der Waals surface area contributed by atoms with Crippen molar-refractivity contribution in [3.8, 4) is 0 Å². The molecule has 23 heavy (non-hydrogen) atoms. The van der Waals surface area contributed by atoms with E-state index < -0.39 is 0 Å². The van der Waals surface area contributed by atoms with Crippen LogP contribution >= 0.6 is 0 Å². The van der Waals surface area contributed by atoms with Crippen molar-refractivity contribution < 1.29 is 13.6 Å². The maximum atomic E-state index is 12.7. The number of carbonyl (C=O) groups excluding carboxylic acids is 1. The molecule has 0 aliphatic rings. The lowest BCUT2D eigenvalue weighted by molar-refractivity contribution is 0.0963. The lowest BCUT2D eigenvalue weighted by atomic mass is 10.1. The molecule has 0 spiro atoms. The van der Waals surface area contributed by atoms with E-state index in [4.69, 9.17) is 8.83 Å². The summed E-state index contributed by atoms with van der Waals surface area (Å²) < 4.78 is 11.4. The zero-order valence-electron chi connectivity index (χ0n) is 12.7. The molecule has 0 fully saturated rings. The van der Waals surface area contributed by atoms with Crippen LogP contribution in [0.4, 0.5) is 6.01 Å². The van der Waals surface area contributed by atoms with E-state index in [2.05, 4.69) is 4.98 Å². The highest BCUT2D eigenvalue weighted by atomic mass is 16.4. The second-order valence-corrected chi connectivity index (χ2v) is 5.38. The highest BCUT2D eigenvalue weighted by Crippen LogP contribution is 2.28. The first-order chi connectivity index (χ1) is 11.1. The van der Waals surface area contributed by atoms with E-state index in [9.17, 15) is 4.79 Å². The van der Waals surface area contributed by atoms with Gasteiger partial charge in [0.1, 0.15) is 11.1 Å². The van der Waals surface area contributed by atoms with Crippen molar-refractivity contribution in [2.75, 3.05) is 11.9 Å². The summed E-state index contributed by atoms with van der Waals surface area (Å²) in [6.07, 6.45) is 0. The van der Waals surface area contributed by atoms with Crippen molar-refractivity contribution in [3.63, 3.8) is 0 Å². The molecule has 4 aromatic rings. The van der Waals surface area contributed by atoms with Gasteiger partial charge >= 0.3 is 6.01 Å². The third-order valence-corrected chi connectivity index (χ3v) is 3.91. The number of hydrogen-bond acceptors (Lipinski definition) is 4. The minimum absolute atomic E-state index is 0.246. The molecular weight excluding hydrogens is 292 g/mol. The molecule has 0 bridgehead atoms. The molecule has 2 aromatic carbocycles. The number of carbonyl (C=O) groups is 1. The predicted molar refractivity (Wildman–Crippen MR) is 87.7 cm³/mol. The summed E-state index contributed by atoms with van der Waals surface area (Å²) in [6.45, 7) is 1.87. The quantitative estimate of drug-likeness (QED) is 0.558. The average Bonchev–Trinajstić information content (AvgIpc) is 3.15. The third-order valence-electron chi connectivity index (χ3n) is 3.91. The van der Waals surface area contributed by atoms with Gasteiger partial charge in [0, 0.05) is 18.0 Å². The van der Waals surface area contributed by atoms with Crippen LogP contribution in [0.25, 0.3) is 22.1 Å². The number of benzene rings is 2. The van der Waals surface area contributed by atoms with Gasteiger partial charge in [0.2, 0.25) is 0 Å². The number of aryl methyl sites for hydroxylation is 1. The smallest absolute Gasteiger partial charge is 0.305 e. The summed E-state index contributed by atoms with van der Waals surface area (Å²) in [4.78, 5) is 18.4. The monoisotopic (exact) mass is 306 g/mol. The van der Waals surface area contributed by atoms with Crippen LogP contribution < -0.4 is 4.90 Å². The first kappa shape index (κ1) is 13.6. The minimum atomic E-state index is -0.287. The van der Waals surface area contributed by atoms with Gasteiger partial charge in [-0.1, -0.05) is 30.3 Å². The van der Waals surface area contributed by atoms with Crippen molar-refractivity contribution in [1.29, 1.82) is 0 Å². The van der Waals surface area contributed by atoms with Crippen LogP contribution in [0.3, 0.4) is 0 Å². The summed E-state index contributed by atoms with van der Waals surface area (Å²) >= 11 is 0. The molecule has 5 nitrogen and oxygen atoms in total. The third kappa shape index (κ3) is 2.09. The largest absolute Gasteiger partial charge is 0.451 e. The number of amides is 1. The number of fused-ring (bicyclic) bond motifs is 2. The Hall–Kier alpha value is -3.08. The number of nitrogens with zero attached hydrogens (tertiary/aromatic N) is 2. The standard InChI is InChI=1S/C18H14N2O3/c1-11-12-7-3-5-9-14(12)22-16(11)17(21)20(2)18-19-13-8-4-6-10-15(13)23-18/h3-10H,1-2H3. The highest BCUT2D eigenvalue weighted by Gasteiger charge is 2.24. The van der Waals surface area contributed by atoms with Crippen molar-refractivity contribution in [2.24, 2.45) is 0 Å². The molecular formula is C18H14N2O3. The maximum absolute atomic E-state index is 12.7. The Morgan fingerprint density at radius 2 is 1.70 bits per heavy atom. The molecule has 2 heterocycles. The first-order valence-corrected chi connectivity index (χ1v) is 7.27. The molecule has 4 rings (SSSR count). The SMILES string of the molecule is Cc1c(C(=O)N(C)c2nc3ccccc3o2)oc2ccccc12. The van der Waals surface area contributed by atoms with E-state index in [-0.39, 0.29) is 11.9 Å². The van der Waals surface area contributed by atoms with Crippen LogP contribution in [0.5, 0.6) is 0 Å². The van der Waals surface area contributed by atoms with E-state index in [1.54, 1.807) is 7.05 Å². The van der Waals surface area contributed by atoms with E-state index >= 15 is 0 Å². The summed E-state index contributed by atoms with van der Waals surface area (Å²) in [5, 5.41) is 0.932. The normalized spacial score (nSPS) is 11.2. The van der Waals surface area contributed by atoms with Gasteiger partial charge in [-0.2, -0.15) is 4.98 Å². The molecule has 2 aromatic heterocycles. The number of anilines is 1. The fourth-order valence-electron chi connectivity index (χ4n) is 2.62. The summed E-state index contributed by atoms with van der Waals surface area (Å²) in [7, 11) is 1.62. The number of para-hydroxylation sites is 3. The number of furan rings is 1. The topological polar surface area (TPSA) is 59.5 Å². The molecule has 0 saturated heterocycles. The van der Waals surface area contributed by atoms with Gasteiger partial charge in [-0.3, -0.25) is 9.69 Å². The Labute approximate surface area is 132 Å². The van der Waals surface area contributed by atoms with E-state index in [1.807, 2.05) is 55.5 Å². The molecule has 0 N–H and O–H groups in total. The second-order valence-electron chi connectivity index (χ2n) is 5.38. The second kappa shape index (κ2) is 4.98. The van der Waals surface area contributed by atoms with Crippen LogP contribution in [0.2, 0.25) is 0 Å². The Balaban J connectivity index is 1.76. The summed E-state index contributed by atoms with van der Waals surface area (Å²) in [5.41, 5.74) is 2.86. The molecule has 0 aliphatic heterocycles. The minimum Gasteiger partial charge on any atom is -0.451 e. The zero-order valence-corrected chi connectivity index (χ0v) is 12.7. The molecule has 0 aliphatic carbocycles. The fraction of sp³-hybridized carbons (Fsp3) is 0.111. The number of aromatic nitrogens is 1. The first-order valence-electron chi connectivity index (χ1n) is 7.27. The molecule has 0 unspecified atom stereocenters. The number of rotatable bonds is 2. The van der Waals surface area contributed by atoms with Gasteiger partial charge in [0.05, 0.1) is 0 Å². The molecule has 114 valence electrons. The summed E-state index contributed by atoms with van der Waals surface area (Å²) in [6, 6.07) is 15.2. The van der Waals surface area contributed by atoms with Crippen LogP contribution in [0.15, 0.2) is 57.4 Å². The Bertz CT molecular complexity index is 996. The predicted octanol–water partition coefficient (Wildman–Crippen LogP) is 4.16. The van der Waals surface area contributed by atoms with Crippen LogP contribution in [0.1, 0.15) is 16.1 Å². The van der Waals surface area contributed by atoms with Gasteiger partial charge in [-0.05, 0) is 25.1 Å². The Morgan fingerprint density at radius 3 is 2.43 bits per heavy atom. The number of hydrogen-bond donors (Lipinski definition) is 0. The molecule has 0 radical (unpaired) electrons.